The largest absolute Gasteiger partial charge is 0.480 e. The maximum atomic E-state index is 14.5. The Kier molecular flexibility index (Phi) is 25.8. The molecule has 88 heavy (non-hydrogen) atoms. The molecule has 0 saturated carbocycles. The summed E-state index contributed by atoms with van der Waals surface area (Å²) < 4.78 is 132. The Hall–Kier alpha value is -9.09. The minimum atomic E-state index is -4.82. The van der Waals surface area contributed by atoms with Crippen LogP contribution in [0.3, 0.4) is 0 Å². The summed E-state index contributed by atoms with van der Waals surface area (Å²) in [5, 5.41) is 54.2. The van der Waals surface area contributed by atoms with Crippen LogP contribution in [0.25, 0.3) is 0 Å². The van der Waals surface area contributed by atoms with E-state index < -0.39 is 105 Å². The van der Waals surface area contributed by atoms with E-state index in [0.29, 0.717) is 32.5 Å². The van der Waals surface area contributed by atoms with E-state index in [2.05, 4.69) is 53.1 Å². The zero-order chi connectivity index (χ0) is 67.0. The summed E-state index contributed by atoms with van der Waals surface area (Å²) in [6.45, 7) is 5.89. The molecule has 6 N–H and O–H groups in total. The zero-order valence-corrected chi connectivity index (χ0v) is 51.1. The first-order valence-electron chi connectivity index (χ1n) is 24.2. The second-order valence-electron chi connectivity index (χ2n) is 18.4. The number of hydrogen-bond donors (Lipinski definition) is 6. The average Bonchev–Trinajstić information content (AvgIpc) is 1.59. The van der Waals surface area contributed by atoms with Gasteiger partial charge in [-0.15, -0.1) is 0 Å². The number of anilines is 3. The van der Waals surface area contributed by atoms with E-state index in [4.69, 9.17) is 38.2 Å². The summed E-state index contributed by atoms with van der Waals surface area (Å²) in [5.74, 6) is -7.37. The highest BCUT2D eigenvalue weighted by molar-refractivity contribution is 9.10. The highest BCUT2D eigenvalue weighted by Gasteiger charge is 2.51. The summed E-state index contributed by atoms with van der Waals surface area (Å²) in [4.78, 5) is 70.7. The van der Waals surface area contributed by atoms with Gasteiger partial charge in [-0.25, -0.2) is 27.2 Å². The van der Waals surface area contributed by atoms with Gasteiger partial charge in [0.2, 0.25) is 0 Å². The lowest BCUT2D eigenvalue weighted by molar-refractivity contribution is -0.141. The van der Waals surface area contributed by atoms with E-state index >= 15 is 0 Å². The summed E-state index contributed by atoms with van der Waals surface area (Å²) in [5.41, 5.74) is -6.13. The van der Waals surface area contributed by atoms with Crippen molar-refractivity contribution in [3.63, 3.8) is 0 Å². The smallest absolute Gasteiger partial charge is 0.417 e. The number of carbonyl (C=O) groups is 6. The minimum absolute atomic E-state index is 0.0562. The lowest BCUT2D eigenvalue weighted by atomic mass is 10.0. The number of carbonyl (C=O) groups excluding carboxylic acids is 4. The van der Waals surface area contributed by atoms with Crippen LogP contribution in [-0.4, -0.2) is 83.1 Å². The molecule has 462 valence electrons. The molecule has 0 spiro atoms. The van der Waals surface area contributed by atoms with E-state index in [-0.39, 0.29) is 43.6 Å². The average molecular weight is 1400 g/mol. The molecule has 31 heteroatoms. The normalized spacial score (nSPS) is 12.2. The number of thiocarbonyl (C=S) groups is 1. The highest BCUT2D eigenvalue weighted by Crippen LogP contribution is 2.40. The summed E-state index contributed by atoms with van der Waals surface area (Å²) in [6.07, 6.45) is -9.39. The first-order valence-corrected chi connectivity index (χ1v) is 27.1. The van der Waals surface area contributed by atoms with Crippen LogP contribution in [0.4, 0.5) is 61.0 Å². The monoisotopic (exact) mass is 1400 g/mol. The fourth-order valence-electron chi connectivity index (χ4n) is 7.19. The number of hydrogen-bond acceptors (Lipinski definition) is 12. The number of benzene rings is 6. The van der Waals surface area contributed by atoms with Gasteiger partial charge in [0.1, 0.15) is 39.7 Å². The molecule has 0 bridgehead atoms. The van der Waals surface area contributed by atoms with Crippen molar-refractivity contribution < 1.29 is 82.9 Å². The molecule has 1 saturated heterocycles. The van der Waals surface area contributed by atoms with E-state index in [1.54, 1.807) is 11.5 Å². The summed E-state index contributed by atoms with van der Waals surface area (Å²) in [7, 11) is 4.21. The zero-order valence-electron chi connectivity index (χ0n) is 46.3. The number of carboxylic acids is 2. The fraction of sp³-hybridized carbons (Fsp3) is 0.193. The Morgan fingerprint density at radius 2 is 1.00 bits per heavy atom. The van der Waals surface area contributed by atoms with Gasteiger partial charge < -0.3 is 36.4 Å². The molecule has 0 unspecified atom stereocenters. The molecule has 1 aliphatic rings. The predicted molar refractivity (Wildman–Crippen MR) is 314 cm³/mol. The lowest BCUT2D eigenvalue weighted by Gasteiger charge is -2.29. The fourth-order valence-corrected chi connectivity index (χ4v) is 8.80. The Bertz CT molecular complexity index is 3820. The topological polar surface area (TPSA) is 269 Å². The summed E-state index contributed by atoms with van der Waals surface area (Å²) >= 11 is 12.1. The van der Waals surface area contributed by atoms with Crippen LogP contribution in [-0.2, 0) is 21.9 Å². The lowest BCUT2D eigenvalue weighted by Crippen LogP contribution is -2.44. The third-order valence-corrected chi connectivity index (χ3v) is 13.5. The van der Waals surface area contributed by atoms with Crippen molar-refractivity contribution >= 4 is 114 Å². The molecular formula is C57H45Br2F10N9O8S2. The Morgan fingerprint density at radius 3 is 1.40 bits per heavy atom. The number of nitrogens with zero attached hydrogens (tertiary/aromatic N) is 5. The van der Waals surface area contributed by atoms with Crippen LogP contribution < -0.4 is 31.1 Å². The molecule has 0 atom stereocenters. The Morgan fingerprint density at radius 1 is 0.591 bits per heavy atom. The maximum Gasteiger partial charge on any atom is 0.417 e. The number of nitriles is 3. The molecule has 4 amide bonds. The quantitative estimate of drug-likeness (QED) is 0.0322. The maximum absolute atomic E-state index is 14.5. The Labute approximate surface area is 521 Å². The first-order chi connectivity index (χ1) is 40.9. The third kappa shape index (κ3) is 19.0. The first kappa shape index (κ1) is 73.2. The van der Waals surface area contributed by atoms with Crippen molar-refractivity contribution in [3.8, 4) is 17.5 Å². The van der Waals surface area contributed by atoms with Crippen molar-refractivity contribution in [2.24, 2.45) is 0 Å². The number of aromatic carboxylic acids is 1. The van der Waals surface area contributed by atoms with E-state index in [0.717, 1.165) is 41.3 Å². The van der Waals surface area contributed by atoms with Crippen LogP contribution in [0.1, 0.15) is 91.4 Å². The van der Waals surface area contributed by atoms with E-state index in [1.165, 1.54) is 127 Å². The van der Waals surface area contributed by atoms with Gasteiger partial charge in [-0.05, 0) is 161 Å². The minimum Gasteiger partial charge on any atom is -0.480 e. The van der Waals surface area contributed by atoms with Gasteiger partial charge in [0, 0.05) is 46.4 Å². The van der Waals surface area contributed by atoms with Crippen molar-refractivity contribution in [1.29, 1.82) is 15.8 Å². The molecule has 1 heterocycles. The van der Waals surface area contributed by atoms with Gasteiger partial charge in [-0.2, -0.15) is 42.1 Å². The van der Waals surface area contributed by atoms with Gasteiger partial charge in [0.25, 0.3) is 23.6 Å². The summed E-state index contributed by atoms with van der Waals surface area (Å²) in [6, 6.07) is 24.5. The van der Waals surface area contributed by atoms with Gasteiger partial charge in [0.15, 0.2) is 5.11 Å². The number of halogens is 12. The van der Waals surface area contributed by atoms with E-state index in [1.807, 2.05) is 0 Å². The van der Waals surface area contributed by atoms with Crippen LogP contribution in [0.15, 0.2) is 123 Å². The predicted octanol–water partition coefficient (Wildman–Crippen LogP) is 12.8. The van der Waals surface area contributed by atoms with Crippen LogP contribution in [0.2, 0.25) is 0 Å². The van der Waals surface area contributed by atoms with Gasteiger partial charge in [-0.3, -0.25) is 24.1 Å². The number of rotatable bonds is 10. The number of alkyl halides is 6. The molecule has 1 aliphatic heterocycles. The number of aliphatic carboxylic acids is 1. The van der Waals surface area contributed by atoms with Crippen molar-refractivity contribution in [1.82, 2.24) is 16.0 Å². The number of amides is 4. The van der Waals surface area contributed by atoms with Crippen LogP contribution >= 0.6 is 55.8 Å². The van der Waals surface area contributed by atoms with E-state index in [9.17, 15) is 72.7 Å². The SMILES string of the molecule is CNC(=O)c1ccc(Br)cc1F.CNC(=O)c1ccc(N2C(=S)N(c3ccc(C#N)c(C(F)(F)F)c3)C(=O)C2(C)C)cc1F.CNC(=O)c1ccc(NC(C)(C)C(=O)O)cc1F.N#CSc1ccc(C#N)c(C(F)(F)F)c1.O=C(O)c1ccc(Br)cc1F. The highest BCUT2D eigenvalue weighted by atomic mass is 79.9. The second kappa shape index (κ2) is 31.0. The van der Waals surface area contributed by atoms with Gasteiger partial charge in [0.05, 0.1) is 62.3 Å². The van der Waals surface area contributed by atoms with Crippen molar-refractivity contribution in [2.45, 2.75) is 56.0 Å². The van der Waals surface area contributed by atoms with Crippen LogP contribution in [0.5, 0.6) is 0 Å². The number of thioether (sulfide) groups is 1. The molecular weight excluding hydrogens is 1350 g/mol. The molecule has 6 aromatic rings. The van der Waals surface area contributed by atoms with Gasteiger partial charge >= 0.3 is 24.3 Å². The standard InChI is InChI=1S/C21H16F4N4O2S.C12H15FN2O3.C9H3F3N2S.C8H7BrFNO.C7H4BrFO2/c1-20(2)18(31)28(12-5-4-11(10-26)15(8-12)21(23,24)25)19(32)29(20)13-6-7-14(16(22)9-13)17(30)27-3;1-12(2,11(17)18)15-7-4-5-8(9(13)6-7)10(16)14-3;10-9(11,12)8-3-7(15-5-14)2-1-6(8)4-13;1-11-8(12)6-3-2-5(9)4-7(6)10;8-4-1-2-5(7(10)11)6(9)3-4/h4-9H,1-3H3,(H,27,30);4-6,15H,1-3H3,(H,14,16)(H,17,18);1-3H;2-4H,1H3,(H,11,12);1-3H,(H,10,11). The number of carboxylic acid groups (broad SMARTS) is 2. The molecule has 17 nitrogen and oxygen atoms in total. The van der Waals surface area contributed by atoms with Crippen LogP contribution in [0, 0.1) is 56.6 Å². The molecule has 0 aliphatic carbocycles. The molecule has 0 aromatic heterocycles. The molecule has 1 fully saturated rings. The van der Waals surface area contributed by atoms with Gasteiger partial charge in [-0.1, -0.05) is 31.9 Å². The molecule has 6 aromatic carbocycles. The second-order valence-corrected chi connectivity index (χ2v) is 21.4. The molecule has 0 radical (unpaired) electrons. The number of nitrogens with one attached hydrogen (secondary N) is 4. The van der Waals surface area contributed by atoms with Crippen molar-refractivity contribution in [2.75, 3.05) is 36.3 Å². The molecule has 7 rings (SSSR count). The Balaban J connectivity index is 0.000000308. The number of thiocyanates is 1. The third-order valence-electron chi connectivity index (χ3n) is 11.6. The van der Waals surface area contributed by atoms with Crippen molar-refractivity contribution in [3.05, 3.63) is 186 Å².